The standard InChI is InChI=1S/C9H11N5O2/c10-6-4-12-8(5-1-2-11-3-5)13-7(6)9(15)14-16/h4-5,11H,1-3,10H2. The number of amides is 1. The fourth-order valence-electron chi connectivity index (χ4n) is 1.69. The first-order valence-electron chi connectivity index (χ1n) is 4.93. The van der Waals surface area contributed by atoms with E-state index in [1.165, 1.54) is 6.20 Å². The molecule has 2 heterocycles. The van der Waals surface area contributed by atoms with Crippen molar-refractivity contribution in [3.63, 3.8) is 0 Å². The lowest BCUT2D eigenvalue weighted by Crippen LogP contribution is -2.13. The third-order valence-electron chi connectivity index (χ3n) is 2.55. The Hall–Kier alpha value is -1.89. The van der Waals surface area contributed by atoms with Gasteiger partial charge < -0.3 is 11.1 Å². The molecular weight excluding hydrogens is 210 g/mol. The number of rotatable bonds is 2. The third-order valence-corrected chi connectivity index (χ3v) is 2.55. The molecule has 7 heteroatoms. The minimum Gasteiger partial charge on any atom is -0.396 e. The number of carbonyl (C=O) groups is 1. The Bertz CT molecular complexity index is 428. The van der Waals surface area contributed by atoms with Crippen LogP contribution >= 0.6 is 0 Å². The van der Waals surface area contributed by atoms with Crippen LogP contribution in [0.25, 0.3) is 0 Å². The summed E-state index contributed by atoms with van der Waals surface area (Å²) in [4.78, 5) is 29.4. The highest BCUT2D eigenvalue weighted by molar-refractivity contribution is 5.97. The second-order valence-electron chi connectivity index (χ2n) is 3.62. The van der Waals surface area contributed by atoms with Gasteiger partial charge in [-0.15, -0.1) is 4.91 Å². The van der Waals surface area contributed by atoms with Crippen LogP contribution in [0.1, 0.15) is 28.7 Å². The van der Waals surface area contributed by atoms with E-state index in [4.69, 9.17) is 5.73 Å². The number of hydrogen-bond acceptors (Lipinski definition) is 6. The summed E-state index contributed by atoms with van der Waals surface area (Å²) in [7, 11) is 0. The molecule has 1 fully saturated rings. The smallest absolute Gasteiger partial charge is 0.337 e. The van der Waals surface area contributed by atoms with Gasteiger partial charge in [0.1, 0.15) is 5.82 Å². The van der Waals surface area contributed by atoms with Gasteiger partial charge in [-0.1, -0.05) is 0 Å². The maximum atomic E-state index is 11.1. The van der Waals surface area contributed by atoms with Crippen LogP contribution in [0.3, 0.4) is 0 Å². The predicted molar refractivity (Wildman–Crippen MR) is 56.8 cm³/mol. The van der Waals surface area contributed by atoms with Gasteiger partial charge in [-0.2, -0.15) is 0 Å². The van der Waals surface area contributed by atoms with E-state index in [0.29, 0.717) is 5.82 Å². The number of nitrogens with zero attached hydrogens (tertiary/aromatic N) is 3. The van der Waals surface area contributed by atoms with Crippen LogP contribution in [0.4, 0.5) is 5.69 Å². The summed E-state index contributed by atoms with van der Waals surface area (Å²) < 4.78 is 0. The SMILES string of the molecule is Nc1cnc(C2CCNC2)nc1C(=O)N=O. The first-order chi connectivity index (χ1) is 7.72. The Kier molecular flexibility index (Phi) is 2.86. The molecule has 1 aliphatic rings. The number of nitrogens with one attached hydrogen (secondary N) is 1. The summed E-state index contributed by atoms with van der Waals surface area (Å²) in [6.45, 7) is 1.67. The highest BCUT2D eigenvalue weighted by Gasteiger charge is 2.22. The molecule has 7 nitrogen and oxygen atoms in total. The molecule has 1 aliphatic heterocycles. The van der Waals surface area contributed by atoms with E-state index >= 15 is 0 Å². The molecule has 3 N–H and O–H groups in total. The normalized spacial score (nSPS) is 19.6. The van der Waals surface area contributed by atoms with Crippen molar-refractivity contribution >= 4 is 11.6 Å². The van der Waals surface area contributed by atoms with Crippen LogP contribution in [0.15, 0.2) is 11.4 Å². The molecule has 1 amide bonds. The lowest BCUT2D eigenvalue weighted by atomic mass is 10.1. The van der Waals surface area contributed by atoms with Crippen molar-refractivity contribution in [2.45, 2.75) is 12.3 Å². The molecule has 0 saturated carbocycles. The van der Waals surface area contributed by atoms with E-state index in [9.17, 15) is 9.70 Å². The highest BCUT2D eigenvalue weighted by Crippen LogP contribution is 2.20. The Balaban J connectivity index is 2.34. The number of anilines is 1. The van der Waals surface area contributed by atoms with Gasteiger partial charge in [0, 0.05) is 17.6 Å². The molecule has 0 aromatic carbocycles. The van der Waals surface area contributed by atoms with Gasteiger partial charge in [0.15, 0.2) is 5.69 Å². The maximum Gasteiger partial charge on any atom is 0.337 e. The van der Waals surface area contributed by atoms with Gasteiger partial charge in [-0.25, -0.2) is 9.97 Å². The fourth-order valence-corrected chi connectivity index (χ4v) is 1.69. The van der Waals surface area contributed by atoms with Crippen molar-refractivity contribution in [2.24, 2.45) is 5.18 Å². The zero-order valence-corrected chi connectivity index (χ0v) is 8.51. The van der Waals surface area contributed by atoms with E-state index in [1.807, 2.05) is 0 Å². The van der Waals surface area contributed by atoms with E-state index in [-0.39, 0.29) is 17.3 Å². The molecule has 16 heavy (non-hydrogen) atoms. The monoisotopic (exact) mass is 221 g/mol. The zero-order chi connectivity index (χ0) is 11.5. The lowest BCUT2D eigenvalue weighted by molar-refractivity contribution is 0.0996. The second kappa shape index (κ2) is 4.31. The van der Waals surface area contributed by atoms with Crippen molar-refractivity contribution in [1.82, 2.24) is 15.3 Å². The highest BCUT2D eigenvalue weighted by atomic mass is 16.3. The first kappa shape index (κ1) is 10.6. The summed E-state index contributed by atoms with van der Waals surface area (Å²) in [6, 6.07) is 0. The van der Waals surface area contributed by atoms with Gasteiger partial charge in [-0.05, 0) is 13.0 Å². The van der Waals surface area contributed by atoms with Crippen molar-refractivity contribution in [3.8, 4) is 0 Å². The number of hydrogen-bond donors (Lipinski definition) is 2. The van der Waals surface area contributed by atoms with Gasteiger partial charge in [0.05, 0.1) is 11.9 Å². The Morgan fingerprint density at radius 1 is 1.62 bits per heavy atom. The second-order valence-corrected chi connectivity index (χ2v) is 3.62. The van der Waals surface area contributed by atoms with E-state index in [0.717, 1.165) is 19.5 Å². The Morgan fingerprint density at radius 2 is 2.44 bits per heavy atom. The molecule has 84 valence electrons. The largest absolute Gasteiger partial charge is 0.396 e. The molecule has 1 aromatic heterocycles. The number of carbonyl (C=O) groups excluding carboxylic acids is 1. The first-order valence-corrected chi connectivity index (χ1v) is 4.93. The van der Waals surface area contributed by atoms with Crippen LogP contribution in [0.2, 0.25) is 0 Å². The van der Waals surface area contributed by atoms with E-state index in [1.54, 1.807) is 0 Å². The summed E-state index contributed by atoms with van der Waals surface area (Å²) in [6.07, 6.45) is 2.26. The fraction of sp³-hybridized carbons (Fsp3) is 0.444. The third kappa shape index (κ3) is 1.89. The minimum absolute atomic E-state index is 0.0827. The molecule has 0 radical (unpaired) electrons. The van der Waals surface area contributed by atoms with Crippen LogP contribution < -0.4 is 11.1 Å². The Labute approximate surface area is 91.4 Å². The van der Waals surface area contributed by atoms with Gasteiger partial charge >= 0.3 is 5.91 Å². The van der Waals surface area contributed by atoms with Crippen molar-refractivity contribution < 1.29 is 4.79 Å². The van der Waals surface area contributed by atoms with E-state index < -0.39 is 5.91 Å². The molecule has 0 aliphatic carbocycles. The minimum atomic E-state index is -0.952. The summed E-state index contributed by atoms with van der Waals surface area (Å²) in [5.74, 6) is -0.253. The topological polar surface area (TPSA) is 110 Å². The van der Waals surface area contributed by atoms with Gasteiger partial charge in [0.25, 0.3) is 0 Å². The summed E-state index contributed by atoms with van der Waals surface area (Å²) >= 11 is 0. The summed E-state index contributed by atoms with van der Waals surface area (Å²) in [5.41, 5.74) is 5.48. The predicted octanol–water partition coefficient (Wildman–Crippen LogP) is 0.0423. The van der Waals surface area contributed by atoms with Gasteiger partial charge in [0.2, 0.25) is 0 Å². The van der Waals surface area contributed by atoms with Crippen LogP contribution in [-0.2, 0) is 0 Å². The molecule has 0 bridgehead atoms. The molecule has 1 aromatic rings. The number of aromatic nitrogens is 2. The van der Waals surface area contributed by atoms with Crippen molar-refractivity contribution in [2.75, 3.05) is 18.8 Å². The average Bonchev–Trinajstić information content (AvgIpc) is 2.82. The molecule has 1 unspecified atom stereocenters. The molecule has 0 spiro atoms. The average molecular weight is 221 g/mol. The van der Waals surface area contributed by atoms with Crippen LogP contribution in [0, 0.1) is 4.91 Å². The van der Waals surface area contributed by atoms with Crippen molar-refractivity contribution in [1.29, 1.82) is 0 Å². The molecule has 1 atom stereocenters. The van der Waals surface area contributed by atoms with Crippen molar-refractivity contribution in [3.05, 3.63) is 22.6 Å². The summed E-state index contributed by atoms with van der Waals surface area (Å²) in [5, 5.41) is 5.48. The number of nitrogen functional groups attached to an aromatic ring is 1. The zero-order valence-electron chi connectivity index (χ0n) is 8.51. The number of nitrogens with two attached hydrogens (primary N) is 1. The molecular formula is C9H11N5O2. The lowest BCUT2D eigenvalue weighted by Gasteiger charge is -2.08. The maximum absolute atomic E-state index is 11.1. The van der Waals surface area contributed by atoms with Crippen LogP contribution in [-0.4, -0.2) is 29.0 Å². The van der Waals surface area contributed by atoms with Gasteiger partial charge in [-0.3, -0.25) is 4.79 Å². The molecule has 1 saturated heterocycles. The number of nitroso groups, excluding NO2 is 1. The Morgan fingerprint density at radius 3 is 3.06 bits per heavy atom. The van der Waals surface area contributed by atoms with E-state index in [2.05, 4.69) is 20.5 Å². The van der Waals surface area contributed by atoms with Crippen LogP contribution in [0.5, 0.6) is 0 Å². The molecule has 2 rings (SSSR count). The quantitative estimate of drug-likeness (QED) is 0.682.